The molecule has 0 bridgehead atoms. The lowest BCUT2D eigenvalue weighted by Gasteiger charge is -2.33. The van der Waals surface area contributed by atoms with Crippen molar-refractivity contribution < 1.29 is 4.74 Å². The van der Waals surface area contributed by atoms with Gasteiger partial charge in [-0.1, -0.05) is 56.5 Å². The zero-order valence-corrected chi connectivity index (χ0v) is 13.5. The molecule has 2 nitrogen and oxygen atoms in total. The van der Waals surface area contributed by atoms with E-state index in [0.29, 0.717) is 12.0 Å². The average Bonchev–Trinajstić information content (AvgIpc) is 2.55. The predicted molar refractivity (Wildman–Crippen MR) is 89.8 cm³/mol. The molecule has 0 heterocycles. The Labute approximate surface area is 130 Å². The highest BCUT2D eigenvalue weighted by Crippen LogP contribution is 2.32. The van der Waals surface area contributed by atoms with Crippen LogP contribution in [0, 0.1) is 0 Å². The summed E-state index contributed by atoms with van der Waals surface area (Å²) < 4.78 is 5.63. The van der Waals surface area contributed by atoms with Gasteiger partial charge in [0.15, 0.2) is 0 Å². The highest BCUT2D eigenvalue weighted by molar-refractivity contribution is 5.21. The van der Waals surface area contributed by atoms with Crippen LogP contribution in [0.5, 0.6) is 0 Å². The lowest BCUT2D eigenvalue weighted by molar-refractivity contribution is 0.127. The fraction of sp³-hybridized carbons (Fsp3) is 0.684. The van der Waals surface area contributed by atoms with Crippen LogP contribution < -0.4 is 5.32 Å². The van der Waals surface area contributed by atoms with Crippen LogP contribution in [-0.4, -0.2) is 25.8 Å². The molecule has 2 heteroatoms. The van der Waals surface area contributed by atoms with Crippen molar-refractivity contribution in [2.24, 2.45) is 0 Å². The summed E-state index contributed by atoms with van der Waals surface area (Å²) in [5.41, 5.74) is 1.51. The first-order valence-electron chi connectivity index (χ1n) is 8.78. The Morgan fingerprint density at radius 1 is 1.05 bits per heavy atom. The van der Waals surface area contributed by atoms with Crippen LogP contribution in [0.25, 0.3) is 0 Å². The van der Waals surface area contributed by atoms with Gasteiger partial charge in [0.25, 0.3) is 0 Å². The van der Waals surface area contributed by atoms with Crippen LogP contribution in [-0.2, 0) is 4.74 Å². The molecule has 0 amide bonds. The molecule has 1 aliphatic rings. The van der Waals surface area contributed by atoms with Gasteiger partial charge >= 0.3 is 0 Å². The van der Waals surface area contributed by atoms with Crippen molar-refractivity contribution in [3.05, 3.63) is 35.9 Å². The van der Waals surface area contributed by atoms with Crippen molar-refractivity contribution in [2.45, 2.75) is 63.8 Å². The largest absolute Gasteiger partial charge is 0.381 e. The van der Waals surface area contributed by atoms with Gasteiger partial charge in [-0.15, -0.1) is 0 Å². The van der Waals surface area contributed by atoms with Gasteiger partial charge in [0.1, 0.15) is 0 Å². The Morgan fingerprint density at radius 2 is 1.81 bits per heavy atom. The van der Waals surface area contributed by atoms with Crippen LogP contribution >= 0.6 is 0 Å². The Morgan fingerprint density at radius 3 is 2.62 bits per heavy atom. The quantitative estimate of drug-likeness (QED) is 0.675. The Balaban J connectivity index is 1.70. The van der Waals surface area contributed by atoms with Crippen LogP contribution in [0.15, 0.2) is 30.3 Å². The molecule has 0 radical (unpaired) electrons. The lowest BCUT2D eigenvalue weighted by Crippen LogP contribution is -2.38. The topological polar surface area (TPSA) is 21.3 Å². The lowest BCUT2D eigenvalue weighted by atomic mass is 9.80. The number of unbranched alkanes of at least 4 members (excludes halogenated alkanes) is 1. The first-order chi connectivity index (χ1) is 10.4. The second kappa shape index (κ2) is 9.97. The van der Waals surface area contributed by atoms with Gasteiger partial charge < -0.3 is 10.1 Å². The molecule has 2 rings (SSSR count). The van der Waals surface area contributed by atoms with Crippen molar-refractivity contribution in [3.63, 3.8) is 0 Å². The summed E-state index contributed by atoms with van der Waals surface area (Å²) in [5.74, 6) is 0.695. The van der Waals surface area contributed by atoms with E-state index in [0.717, 1.165) is 26.2 Å². The van der Waals surface area contributed by atoms with E-state index in [-0.39, 0.29) is 0 Å². The van der Waals surface area contributed by atoms with Crippen LogP contribution in [0.3, 0.4) is 0 Å². The predicted octanol–water partition coefficient (Wildman–Crippen LogP) is 4.51. The fourth-order valence-corrected chi connectivity index (χ4v) is 3.28. The monoisotopic (exact) mass is 289 g/mol. The van der Waals surface area contributed by atoms with Gasteiger partial charge in [-0.25, -0.2) is 0 Å². The molecule has 0 aromatic heterocycles. The molecule has 1 aromatic rings. The first kappa shape index (κ1) is 16.5. The van der Waals surface area contributed by atoms with Gasteiger partial charge in [-0.3, -0.25) is 0 Å². The van der Waals surface area contributed by atoms with Gasteiger partial charge in [0, 0.05) is 19.3 Å². The minimum Gasteiger partial charge on any atom is -0.381 e. The van der Waals surface area contributed by atoms with Crippen molar-refractivity contribution in [1.82, 2.24) is 5.32 Å². The Hall–Kier alpha value is -0.860. The van der Waals surface area contributed by atoms with E-state index in [1.807, 2.05) is 0 Å². The molecule has 0 saturated heterocycles. The second-order valence-electron chi connectivity index (χ2n) is 6.18. The van der Waals surface area contributed by atoms with E-state index in [9.17, 15) is 0 Å². The van der Waals surface area contributed by atoms with E-state index in [1.165, 1.54) is 44.1 Å². The number of ether oxygens (including phenoxy) is 1. The molecule has 1 fully saturated rings. The molecule has 1 saturated carbocycles. The van der Waals surface area contributed by atoms with Gasteiger partial charge in [0.2, 0.25) is 0 Å². The zero-order valence-electron chi connectivity index (χ0n) is 13.5. The fourth-order valence-electron chi connectivity index (χ4n) is 3.28. The summed E-state index contributed by atoms with van der Waals surface area (Å²) in [6, 6.07) is 11.7. The number of benzene rings is 1. The minimum absolute atomic E-state index is 0.650. The van der Waals surface area contributed by atoms with Crippen LogP contribution in [0.1, 0.15) is 63.4 Å². The third kappa shape index (κ3) is 5.80. The molecule has 2 unspecified atom stereocenters. The van der Waals surface area contributed by atoms with Crippen molar-refractivity contribution in [1.29, 1.82) is 0 Å². The van der Waals surface area contributed by atoms with E-state index < -0.39 is 0 Å². The van der Waals surface area contributed by atoms with Crippen molar-refractivity contribution >= 4 is 0 Å². The van der Waals surface area contributed by atoms with E-state index >= 15 is 0 Å². The molecule has 1 aliphatic carbocycles. The van der Waals surface area contributed by atoms with Gasteiger partial charge in [0.05, 0.1) is 0 Å². The third-order valence-electron chi connectivity index (χ3n) is 4.51. The van der Waals surface area contributed by atoms with Crippen molar-refractivity contribution in [2.75, 3.05) is 19.8 Å². The van der Waals surface area contributed by atoms with Crippen LogP contribution in [0.4, 0.5) is 0 Å². The smallest absolute Gasteiger partial charge is 0.0478 e. The normalized spacial score (nSPS) is 22.3. The SMILES string of the molecule is CCCCOCCCNC1CCCCC1c1ccccc1. The second-order valence-corrected chi connectivity index (χ2v) is 6.18. The summed E-state index contributed by atoms with van der Waals surface area (Å²) in [6.45, 7) is 5.11. The maximum absolute atomic E-state index is 5.63. The highest BCUT2D eigenvalue weighted by Gasteiger charge is 2.25. The maximum Gasteiger partial charge on any atom is 0.0478 e. The average molecular weight is 289 g/mol. The first-order valence-corrected chi connectivity index (χ1v) is 8.78. The summed E-state index contributed by atoms with van der Waals surface area (Å²) >= 11 is 0. The minimum atomic E-state index is 0.650. The van der Waals surface area contributed by atoms with E-state index in [2.05, 4.69) is 42.6 Å². The molecule has 2 atom stereocenters. The Kier molecular flexibility index (Phi) is 7.83. The summed E-state index contributed by atoms with van der Waals surface area (Å²) in [7, 11) is 0. The number of hydrogen-bond acceptors (Lipinski definition) is 2. The summed E-state index contributed by atoms with van der Waals surface area (Å²) in [6.07, 6.45) is 8.92. The summed E-state index contributed by atoms with van der Waals surface area (Å²) in [5, 5.41) is 3.78. The zero-order chi connectivity index (χ0) is 14.8. The molecule has 21 heavy (non-hydrogen) atoms. The maximum atomic E-state index is 5.63. The molecular weight excluding hydrogens is 258 g/mol. The standard InChI is InChI=1S/C19H31NO/c1-2-3-15-21-16-9-14-20-19-13-8-7-12-18(19)17-10-5-4-6-11-17/h4-6,10-11,18-20H,2-3,7-9,12-16H2,1H3. The number of nitrogens with one attached hydrogen (secondary N) is 1. The molecule has 1 aromatic carbocycles. The Bertz CT molecular complexity index is 365. The molecular formula is C19H31NO. The van der Waals surface area contributed by atoms with E-state index in [4.69, 9.17) is 4.74 Å². The van der Waals surface area contributed by atoms with E-state index in [1.54, 1.807) is 0 Å². The molecule has 0 spiro atoms. The third-order valence-corrected chi connectivity index (χ3v) is 4.51. The van der Waals surface area contributed by atoms with Crippen LogP contribution in [0.2, 0.25) is 0 Å². The van der Waals surface area contributed by atoms with Crippen molar-refractivity contribution in [3.8, 4) is 0 Å². The molecule has 118 valence electrons. The highest BCUT2D eigenvalue weighted by atomic mass is 16.5. The number of rotatable bonds is 9. The summed E-state index contributed by atoms with van der Waals surface area (Å²) in [4.78, 5) is 0. The molecule has 1 N–H and O–H groups in total. The molecule has 0 aliphatic heterocycles. The van der Waals surface area contributed by atoms with Gasteiger partial charge in [-0.05, 0) is 43.7 Å². The number of hydrogen-bond donors (Lipinski definition) is 1. The van der Waals surface area contributed by atoms with Gasteiger partial charge in [-0.2, -0.15) is 0 Å².